The summed E-state index contributed by atoms with van der Waals surface area (Å²) in [5, 5.41) is 0. The summed E-state index contributed by atoms with van der Waals surface area (Å²) in [5.41, 5.74) is 9.49. The Labute approximate surface area is 123 Å². The molecule has 0 saturated heterocycles. The Kier molecular flexibility index (Phi) is 10.9. The van der Waals surface area contributed by atoms with Crippen LogP contribution in [0.1, 0.15) is 20.3 Å². The Morgan fingerprint density at radius 1 is 1.41 bits per heavy atom. The highest BCUT2D eigenvalue weighted by atomic mass is 127. The predicted octanol–water partition coefficient (Wildman–Crippen LogP) is 4.47. The van der Waals surface area contributed by atoms with E-state index >= 15 is 0 Å². The molecule has 0 unspecified atom stereocenters. The van der Waals surface area contributed by atoms with Crippen LogP contribution in [0.3, 0.4) is 0 Å². The van der Waals surface area contributed by atoms with Crippen LogP contribution in [0, 0.1) is 0 Å². The van der Waals surface area contributed by atoms with Crippen LogP contribution in [-0.2, 0) is 0 Å². The van der Waals surface area contributed by atoms with E-state index < -0.39 is 0 Å². The number of allylic oxidation sites excluding steroid dienone is 6. The molecule has 0 radical (unpaired) electrons. The lowest BCUT2D eigenvalue weighted by Gasteiger charge is -2.07. The van der Waals surface area contributed by atoms with Crippen LogP contribution in [0.15, 0.2) is 47.2 Å². The molecular weight excluding hydrogens is 341 g/mol. The summed E-state index contributed by atoms with van der Waals surface area (Å²) in [4.78, 5) is 0. The first kappa shape index (κ1) is 16.8. The van der Waals surface area contributed by atoms with Crippen molar-refractivity contribution in [3.63, 3.8) is 0 Å². The van der Waals surface area contributed by atoms with Gasteiger partial charge in [0.25, 0.3) is 0 Å². The van der Waals surface area contributed by atoms with E-state index in [0.717, 1.165) is 22.2 Å². The third-order valence-corrected chi connectivity index (χ3v) is 3.78. The molecule has 0 heterocycles. The lowest BCUT2D eigenvalue weighted by molar-refractivity contribution is 1.11. The smallest absolute Gasteiger partial charge is 0.0243 e. The van der Waals surface area contributed by atoms with Crippen LogP contribution < -0.4 is 5.73 Å². The summed E-state index contributed by atoms with van der Waals surface area (Å²) < 4.78 is 1.03. The minimum Gasteiger partial charge on any atom is -0.404 e. The number of nitrogens with two attached hydrogens (primary N) is 1. The highest BCUT2D eigenvalue weighted by molar-refractivity contribution is 14.1. The van der Waals surface area contributed by atoms with Crippen LogP contribution >= 0.6 is 34.4 Å². The molecule has 96 valence electrons. The molecule has 0 aliphatic carbocycles. The molecule has 0 bridgehead atoms. The van der Waals surface area contributed by atoms with Gasteiger partial charge >= 0.3 is 0 Å². The van der Waals surface area contributed by atoms with Crippen LogP contribution in [0.25, 0.3) is 0 Å². The maximum Gasteiger partial charge on any atom is 0.0243 e. The topological polar surface area (TPSA) is 26.0 Å². The highest BCUT2D eigenvalue weighted by Crippen LogP contribution is 2.18. The minimum absolute atomic E-state index is 1.00. The van der Waals surface area contributed by atoms with Gasteiger partial charge < -0.3 is 5.73 Å². The van der Waals surface area contributed by atoms with Crippen molar-refractivity contribution in [3.8, 4) is 0 Å². The van der Waals surface area contributed by atoms with Gasteiger partial charge in [-0.15, -0.1) is 0 Å². The summed E-state index contributed by atoms with van der Waals surface area (Å²) in [6.45, 7) is 4.24. The van der Waals surface area contributed by atoms with Crippen molar-refractivity contribution in [1.82, 2.24) is 0 Å². The normalized spacial score (nSPS) is 14.7. The zero-order valence-corrected chi connectivity index (χ0v) is 13.8. The van der Waals surface area contributed by atoms with Crippen molar-refractivity contribution < 1.29 is 0 Å². The van der Waals surface area contributed by atoms with E-state index in [2.05, 4.69) is 67.0 Å². The van der Waals surface area contributed by atoms with E-state index in [9.17, 15) is 0 Å². The number of hydrogen-bond acceptors (Lipinski definition) is 2. The number of alkyl halides is 1. The molecule has 0 fully saturated rings. The molecule has 0 aliphatic rings. The van der Waals surface area contributed by atoms with Crippen molar-refractivity contribution >= 4 is 34.4 Å². The molecule has 0 rings (SSSR count). The Hall–Kier alpha value is -0.160. The highest BCUT2D eigenvalue weighted by Gasteiger charge is 2.00. The molecule has 0 spiro atoms. The van der Waals surface area contributed by atoms with Gasteiger partial charge in [-0.2, -0.15) is 11.8 Å². The summed E-state index contributed by atoms with van der Waals surface area (Å²) in [6, 6.07) is 0. The lowest BCUT2D eigenvalue weighted by atomic mass is 10.0. The fraction of sp³-hybridized carbons (Fsp3) is 0.429. The fourth-order valence-corrected chi connectivity index (χ4v) is 2.30. The molecule has 0 amide bonds. The zero-order valence-electron chi connectivity index (χ0n) is 10.9. The quantitative estimate of drug-likeness (QED) is 0.410. The first-order chi connectivity index (χ1) is 8.23. The molecular formula is C14H22INS. The van der Waals surface area contributed by atoms with Crippen LogP contribution in [0.4, 0.5) is 0 Å². The van der Waals surface area contributed by atoms with Crippen LogP contribution in [0.2, 0.25) is 0 Å². The largest absolute Gasteiger partial charge is 0.404 e. The van der Waals surface area contributed by atoms with Gasteiger partial charge in [0, 0.05) is 16.4 Å². The lowest BCUT2D eigenvalue weighted by Crippen LogP contribution is -1.93. The first-order valence-electron chi connectivity index (χ1n) is 5.72. The monoisotopic (exact) mass is 363 g/mol. The van der Waals surface area contributed by atoms with Gasteiger partial charge in [-0.05, 0) is 36.3 Å². The van der Waals surface area contributed by atoms with E-state index in [4.69, 9.17) is 5.73 Å². The van der Waals surface area contributed by atoms with E-state index in [1.165, 1.54) is 11.1 Å². The van der Waals surface area contributed by atoms with Gasteiger partial charge in [-0.25, -0.2) is 0 Å². The number of rotatable bonds is 7. The van der Waals surface area contributed by atoms with E-state index in [1.54, 1.807) is 6.20 Å². The van der Waals surface area contributed by atoms with Crippen molar-refractivity contribution in [2.75, 3.05) is 16.4 Å². The van der Waals surface area contributed by atoms with Gasteiger partial charge in [0.05, 0.1) is 0 Å². The maximum absolute atomic E-state index is 5.71. The van der Waals surface area contributed by atoms with Gasteiger partial charge in [0.1, 0.15) is 0 Å². The predicted molar refractivity (Wildman–Crippen MR) is 90.8 cm³/mol. The molecule has 3 heteroatoms. The van der Waals surface area contributed by atoms with Gasteiger partial charge in [0.15, 0.2) is 0 Å². The average Bonchev–Trinajstić information content (AvgIpc) is 2.37. The third-order valence-electron chi connectivity index (χ3n) is 2.38. The molecule has 0 saturated carbocycles. The van der Waals surface area contributed by atoms with Crippen molar-refractivity contribution in [3.05, 3.63) is 47.2 Å². The van der Waals surface area contributed by atoms with Gasteiger partial charge in [0.2, 0.25) is 0 Å². The molecule has 17 heavy (non-hydrogen) atoms. The van der Waals surface area contributed by atoms with Crippen molar-refractivity contribution in [2.24, 2.45) is 5.73 Å². The van der Waals surface area contributed by atoms with Gasteiger partial charge in [-0.1, -0.05) is 53.8 Å². The second-order valence-corrected chi connectivity index (χ2v) is 5.17. The van der Waals surface area contributed by atoms with Crippen molar-refractivity contribution in [2.45, 2.75) is 20.3 Å². The van der Waals surface area contributed by atoms with E-state index in [-0.39, 0.29) is 0 Å². The summed E-state index contributed by atoms with van der Waals surface area (Å²) in [5.74, 6) is 1.02. The molecule has 0 aromatic rings. The summed E-state index contributed by atoms with van der Waals surface area (Å²) in [6.07, 6.45) is 13.5. The molecule has 0 aromatic carbocycles. The summed E-state index contributed by atoms with van der Waals surface area (Å²) in [7, 11) is 0. The van der Waals surface area contributed by atoms with E-state index in [1.807, 2.05) is 11.8 Å². The Balaban J connectivity index is 4.95. The number of thioether (sulfide) groups is 1. The zero-order chi connectivity index (χ0) is 13.1. The standard InChI is InChI=1S/C14H22INS/c1-4-12(10-15)9-13(5-2)14(11-16)7-6-8-17-3/h4,6-7,9,11H,5,8,10,16H2,1-3H3/b7-6-,12-4+,13-9+,14-11?. The van der Waals surface area contributed by atoms with Gasteiger partial charge in [-0.3, -0.25) is 0 Å². The molecule has 1 nitrogen and oxygen atoms in total. The number of halogens is 1. The van der Waals surface area contributed by atoms with E-state index in [0.29, 0.717) is 0 Å². The average molecular weight is 363 g/mol. The Morgan fingerprint density at radius 3 is 2.53 bits per heavy atom. The minimum atomic E-state index is 1.00. The second kappa shape index (κ2) is 11.0. The van der Waals surface area contributed by atoms with Crippen molar-refractivity contribution in [1.29, 1.82) is 0 Å². The van der Waals surface area contributed by atoms with Crippen LogP contribution in [-0.4, -0.2) is 16.4 Å². The van der Waals surface area contributed by atoms with Crippen LogP contribution in [0.5, 0.6) is 0 Å². The molecule has 0 aromatic heterocycles. The molecule has 2 N–H and O–H groups in total. The SMILES string of the molecule is C/C=C(\C=C(/CC)C(=CN)/C=C\CSC)CI. The Bertz CT molecular complexity index is 327. The third kappa shape index (κ3) is 6.99. The fourth-order valence-electron chi connectivity index (χ4n) is 1.35. The second-order valence-electron chi connectivity index (χ2n) is 3.50. The number of hydrogen-bond donors (Lipinski definition) is 1. The maximum atomic E-state index is 5.71. The summed E-state index contributed by atoms with van der Waals surface area (Å²) >= 11 is 4.19. The molecule has 0 aliphatic heterocycles. The first-order valence-corrected chi connectivity index (χ1v) is 8.64. The Morgan fingerprint density at radius 2 is 2.12 bits per heavy atom. The molecule has 0 atom stereocenters.